The van der Waals surface area contributed by atoms with Crippen molar-refractivity contribution in [1.82, 2.24) is 4.90 Å². The van der Waals surface area contributed by atoms with Crippen LogP contribution in [0.1, 0.15) is 33.1 Å². The second-order valence-corrected chi connectivity index (χ2v) is 10.7. The molecule has 3 heterocycles. The van der Waals surface area contributed by atoms with Gasteiger partial charge >= 0.3 is 0 Å². The molecule has 8 nitrogen and oxygen atoms in total. The summed E-state index contributed by atoms with van der Waals surface area (Å²) in [6.45, 7) is 3.64. The summed E-state index contributed by atoms with van der Waals surface area (Å²) >= 11 is 6.00. The second kappa shape index (κ2) is 10.1. The monoisotopic (exact) mass is 525 g/mol. The summed E-state index contributed by atoms with van der Waals surface area (Å²) in [5, 5.41) is 16.7. The highest BCUT2D eigenvalue weighted by Crippen LogP contribution is 2.59. The first-order chi connectivity index (χ1) is 17.8. The van der Waals surface area contributed by atoms with E-state index in [-0.39, 0.29) is 24.3 Å². The number of nitrogens with zero attached hydrogens (tertiary/aromatic N) is 1. The molecule has 196 valence electrons. The van der Waals surface area contributed by atoms with Crippen LogP contribution in [0, 0.1) is 17.8 Å². The number of ether oxygens (including phenoxy) is 1. The van der Waals surface area contributed by atoms with E-state index in [0.29, 0.717) is 35.7 Å². The fourth-order valence-corrected chi connectivity index (χ4v) is 6.48. The Balaban J connectivity index is 1.52. The number of hydrogen-bond acceptors (Lipinski definition) is 5. The molecule has 2 aromatic carbocycles. The first-order valence-electron chi connectivity index (χ1n) is 12.8. The predicted octanol–water partition coefficient (Wildman–Crippen LogP) is 3.70. The molecular weight excluding hydrogens is 494 g/mol. The van der Waals surface area contributed by atoms with Crippen LogP contribution in [0.2, 0.25) is 5.02 Å². The van der Waals surface area contributed by atoms with E-state index < -0.39 is 41.5 Å². The van der Waals surface area contributed by atoms with Crippen molar-refractivity contribution in [3.63, 3.8) is 0 Å². The normalized spacial score (nSPS) is 29.6. The molecule has 3 aliphatic heterocycles. The molecule has 3 amide bonds. The number of nitrogens with one attached hydrogen (secondary N) is 2. The number of hydrogen-bond donors (Lipinski definition) is 3. The number of anilines is 2. The Hall–Kier alpha value is -2.94. The summed E-state index contributed by atoms with van der Waals surface area (Å²) < 4.78 is 6.47. The van der Waals surface area contributed by atoms with E-state index in [1.807, 2.05) is 32.0 Å². The molecule has 3 aliphatic rings. The highest BCUT2D eigenvalue weighted by molar-refractivity contribution is 6.30. The van der Waals surface area contributed by atoms with Crippen LogP contribution in [0.15, 0.2) is 54.6 Å². The van der Waals surface area contributed by atoms with Crippen LogP contribution in [-0.4, -0.2) is 58.1 Å². The van der Waals surface area contributed by atoms with E-state index in [2.05, 4.69) is 10.6 Å². The van der Waals surface area contributed by atoms with Crippen molar-refractivity contribution in [3.05, 3.63) is 59.6 Å². The second-order valence-electron chi connectivity index (χ2n) is 10.3. The summed E-state index contributed by atoms with van der Waals surface area (Å²) in [4.78, 5) is 43.0. The van der Waals surface area contributed by atoms with Gasteiger partial charge in [-0.05, 0) is 55.2 Å². The minimum Gasteiger partial charge on any atom is -0.394 e. The maximum Gasteiger partial charge on any atom is 0.250 e. The van der Waals surface area contributed by atoms with Gasteiger partial charge in [-0.15, -0.1) is 0 Å². The number of carbonyl (C=O) groups is 3. The molecule has 3 saturated heterocycles. The average molecular weight is 526 g/mol. The van der Waals surface area contributed by atoms with E-state index in [1.54, 1.807) is 36.4 Å². The summed E-state index contributed by atoms with van der Waals surface area (Å²) in [5.41, 5.74) is 0.0332. The maximum atomic E-state index is 14.1. The number of halogens is 1. The zero-order chi connectivity index (χ0) is 26.3. The van der Waals surface area contributed by atoms with Gasteiger partial charge in [-0.1, -0.05) is 50.1 Å². The van der Waals surface area contributed by atoms with Crippen molar-refractivity contribution < 1.29 is 24.2 Å². The van der Waals surface area contributed by atoms with Crippen molar-refractivity contribution in [1.29, 1.82) is 0 Å². The lowest BCUT2D eigenvalue weighted by molar-refractivity contribution is -0.144. The fourth-order valence-electron chi connectivity index (χ4n) is 6.35. The van der Waals surface area contributed by atoms with Crippen LogP contribution in [0.25, 0.3) is 0 Å². The molecule has 7 atom stereocenters. The number of amides is 3. The van der Waals surface area contributed by atoms with Crippen LogP contribution in [0.4, 0.5) is 11.4 Å². The van der Waals surface area contributed by atoms with Gasteiger partial charge in [0.15, 0.2) is 0 Å². The van der Waals surface area contributed by atoms with E-state index >= 15 is 0 Å². The molecule has 2 unspecified atom stereocenters. The lowest BCUT2D eigenvalue weighted by Gasteiger charge is -2.38. The zero-order valence-corrected chi connectivity index (χ0v) is 21.6. The van der Waals surface area contributed by atoms with Crippen LogP contribution in [0.3, 0.4) is 0 Å². The van der Waals surface area contributed by atoms with Gasteiger partial charge in [0.2, 0.25) is 17.7 Å². The third-order valence-electron chi connectivity index (χ3n) is 8.29. The van der Waals surface area contributed by atoms with Gasteiger partial charge < -0.3 is 25.4 Å². The van der Waals surface area contributed by atoms with Crippen LogP contribution >= 0.6 is 11.6 Å². The predicted molar refractivity (Wildman–Crippen MR) is 140 cm³/mol. The summed E-state index contributed by atoms with van der Waals surface area (Å²) in [6.07, 6.45) is 1.31. The fraction of sp³-hybridized carbons (Fsp3) is 0.464. The third-order valence-corrected chi connectivity index (χ3v) is 8.54. The molecular formula is C28H32ClN3O5. The molecule has 2 aromatic rings. The number of fused-ring (bicyclic) bond motifs is 1. The highest BCUT2D eigenvalue weighted by atomic mass is 35.5. The molecule has 3 N–H and O–H groups in total. The van der Waals surface area contributed by atoms with E-state index in [9.17, 15) is 19.5 Å². The number of aliphatic hydroxyl groups is 1. The van der Waals surface area contributed by atoms with Crippen molar-refractivity contribution in [2.75, 3.05) is 17.2 Å². The van der Waals surface area contributed by atoms with Gasteiger partial charge in [-0.2, -0.15) is 0 Å². The molecule has 0 aliphatic carbocycles. The van der Waals surface area contributed by atoms with Crippen molar-refractivity contribution in [2.45, 2.75) is 56.9 Å². The van der Waals surface area contributed by atoms with Gasteiger partial charge in [0.25, 0.3) is 0 Å². The molecule has 1 spiro atoms. The number of aliphatic hydroxyl groups excluding tert-OH is 1. The Morgan fingerprint density at radius 3 is 2.41 bits per heavy atom. The number of para-hydroxylation sites is 1. The topological polar surface area (TPSA) is 108 Å². The van der Waals surface area contributed by atoms with E-state index in [1.165, 1.54) is 4.90 Å². The van der Waals surface area contributed by atoms with Crippen molar-refractivity contribution in [2.24, 2.45) is 17.8 Å². The number of likely N-dealkylation sites (tertiary alicyclic amines) is 1. The van der Waals surface area contributed by atoms with Crippen molar-refractivity contribution in [3.8, 4) is 0 Å². The lowest BCUT2D eigenvalue weighted by atomic mass is 9.70. The van der Waals surface area contributed by atoms with Gasteiger partial charge in [0.05, 0.1) is 30.6 Å². The zero-order valence-electron chi connectivity index (χ0n) is 20.9. The molecule has 0 radical (unpaired) electrons. The van der Waals surface area contributed by atoms with E-state index in [4.69, 9.17) is 16.3 Å². The first-order valence-corrected chi connectivity index (χ1v) is 13.2. The Morgan fingerprint density at radius 1 is 1.11 bits per heavy atom. The molecule has 3 fully saturated rings. The Labute approximate surface area is 221 Å². The number of benzene rings is 2. The largest absolute Gasteiger partial charge is 0.394 e. The van der Waals surface area contributed by atoms with E-state index in [0.717, 1.165) is 0 Å². The SMILES string of the molecule is CC[C@H](C)[C@H](CO)N1C(=O)[C@@H]2[C@H](C(=O)Nc3ccccc3)[C@@H]3CCC2(O3)C1C(=O)Nc1ccc(Cl)cc1. The maximum absolute atomic E-state index is 14.1. The quantitative estimate of drug-likeness (QED) is 0.487. The average Bonchev–Trinajstić information content (AvgIpc) is 3.54. The Kier molecular flexibility index (Phi) is 7.00. The first kappa shape index (κ1) is 25.7. The van der Waals surface area contributed by atoms with Crippen LogP contribution in [0.5, 0.6) is 0 Å². The minimum absolute atomic E-state index is 0.0659. The molecule has 0 aromatic heterocycles. The highest BCUT2D eigenvalue weighted by Gasteiger charge is 2.75. The standard InChI is InChI=1S/C28H32ClN3O5/c1-3-16(2)20(15-33)32-24(26(35)31-19-11-9-17(29)10-12-19)28-14-13-21(37-28)22(23(28)27(32)36)25(34)30-18-7-5-4-6-8-18/h4-12,16,20-24,33H,3,13-15H2,1-2H3,(H,30,34)(H,31,35)/t16-,20-,21-,22+,23-,24?,28?/m0/s1. The van der Waals surface area contributed by atoms with Gasteiger partial charge in [0.1, 0.15) is 11.6 Å². The molecule has 2 bridgehead atoms. The van der Waals surface area contributed by atoms with Gasteiger partial charge in [0, 0.05) is 16.4 Å². The summed E-state index contributed by atoms with van der Waals surface area (Å²) in [5.74, 6) is -2.61. The molecule has 9 heteroatoms. The number of rotatable bonds is 8. The minimum atomic E-state index is -1.14. The molecule has 0 saturated carbocycles. The number of carbonyl (C=O) groups excluding carboxylic acids is 3. The van der Waals surface area contributed by atoms with Crippen LogP contribution in [-0.2, 0) is 19.1 Å². The van der Waals surface area contributed by atoms with Crippen LogP contribution < -0.4 is 10.6 Å². The molecule has 5 rings (SSSR count). The lowest BCUT2D eigenvalue weighted by Crippen LogP contribution is -2.57. The summed E-state index contributed by atoms with van der Waals surface area (Å²) in [6, 6.07) is 14.3. The Morgan fingerprint density at radius 2 is 1.76 bits per heavy atom. The smallest absolute Gasteiger partial charge is 0.250 e. The van der Waals surface area contributed by atoms with Crippen molar-refractivity contribution >= 4 is 40.7 Å². The van der Waals surface area contributed by atoms with Gasteiger partial charge in [-0.25, -0.2) is 0 Å². The third kappa shape index (κ3) is 4.31. The van der Waals surface area contributed by atoms with Gasteiger partial charge in [-0.3, -0.25) is 14.4 Å². The Bertz CT molecular complexity index is 1180. The summed E-state index contributed by atoms with van der Waals surface area (Å²) in [7, 11) is 0. The molecule has 37 heavy (non-hydrogen) atoms.